The van der Waals surface area contributed by atoms with Gasteiger partial charge in [-0.2, -0.15) is 0 Å². The Labute approximate surface area is 91.1 Å². The summed E-state index contributed by atoms with van der Waals surface area (Å²) in [7, 11) is 0. The van der Waals surface area contributed by atoms with E-state index in [0.717, 1.165) is 13.1 Å². The topological polar surface area (TPSA) is 29.3 Å². The minimum atomic E-state index is 0.416. The second kappa shape index (κ2) is 3.32. The lowest BCUT2D eigenvalue weighted by Crippen LogP contribution is -2.56. The van der Waals surface area contributed by atoms with E-state index in [1.165, 1.54) is 18.4 Å². The maximum absolute atomic E-state index is 5.84. The largest absolute Gasteiger partial charge is 0.325 e. The predicted molar refractivity (Wildman–Crippen MR) is 61.8 cm³/mol. The van der Waals surface area contributed by atoms with E-state index >= 15 is 0 Å². The van der Waals surface area contributed by atoms with Crippen LogP contribution < -0.4 is 5.73 Å². The molecule has 1 atom stereocenters. The standard InChI is InChI=1S/C13H18N2/c1-9-2-3-10-4-5-13(12(10)6-9)15-7-11(14)8-15/h2-3,6,11,13H,4-5,7-8,14H2,1H3. The highest BCUT2D eigenvalue weighted by Crippen LogP contribution is 2.38. The Morgan fingerprint density at radius 3 is 2.87 bits per heavy atom. The molecule has 15 heavy (non-hydrogen) atoms. The van der Waals surface area contributed by atoms with Gasteiger partial charge in [-0.25, -0.2) is 0 Å². The number of rotatable bonds is 1. The van der Waals surface area contributed by atoms with Crippen LogP contribution in [0.2, 0.25) is 0 Å². The Balaban J connectivity index is 1.87. The third-order valence-electron chi connectivity index (χ3n) is 3.73. The van der Waals surface area contributed by atoms with Crippen LogP contribution in [0.5, 0.6) is 0 Å². The van der Waals surface area contributed by atoms with Crippen LogP contribution >= 0.6 is 0 Å². The van der Waals surface area contributed by atoms with E-state index in [2.05, 4.69) is 30.0 Å². The molecule has 1 aliphatic carbocycles. The summed E-state index contributed by atoms with van der Waals surface area (Å²) < 4.78 is 0. The lowest BCUT2D eigenvalue weighted by molar-refractivity contribution is 0.0942. The molecule has 0 aromatic heterocycles. The highest BCUT2D eigenvalue weighted by molar-refractivity contribution is 5.38. The average molecular weight is 202 g/mol. The lowest BCUT2D eigenvalue weighted by atomic mass is 10.00. The Kier molecular flexibility index (Phi) is 2.08. The number of nitrogens with zero attached hydrogens (tertiary/aromatic N) is 1. The molecule has 1 aromatic rings. The fourth-order valence-corrected chi connectivity index (χ4v) is 2.88. The molecule has 2 aliphatic rings. The van der Waals surface area contributed by atoms with Crippen LogP contribution in [0.15, 0.2) is 18.2 Å². The van der Waals surface area contributed by atoms with E-state index < -0.39 is 0 Å². The number of nitrogens with two attached hydrogens (primary N) is 1. The van der Waals surface area contributed by atoms with Crippen molar-refractivity contribution in [3.05, 3.63) is 34.9 Å². The third-order valence-corrected chi connectivity index (χ3v) is 3.73. The highest BCUT2D eigenvalue weighted by atomic mass is 15.2. The van der Waals surface area contributed by atoms with Gasteiger partial charge in [-0.15, -0.1) is 0 Å². The van der Waals surface area contributed by atoms with E-state index in [-0.39, 0.29) is 0 Å². The number of likely N-dealkylation sites (tertiary alicyclic amines) is 1. The van der Waals surface area contributed by atoms with Gasteiger partial charge in [0.05, 0.1) is 0 Å². The third kappa shape index (κ3) is 1.48. The molecule has 1 aromatic carbocycles. The van der Waals surface area contributed by atoms with Crippen LogP contribution in [0.4, 0.5) is 0 Å². The minimum Gasteiger partial charge on any atom is -0.325 e. The first-order valence-corrected chi connectivity index (χ1v) is 5.83. The molecule has 1 saturated heterocycles. The maximum atomic E-state index is 5.84. The summed E-state index contributed by atoms with van der Waals surface area (Å²) in [6.07, 6.45) is 2.53. The number of benzene rings is 1. The van der Waals surface area contributed by atoms with Crippen molar-refractivity contribution in [1.82, 2.24) is 4.90 Å². The van der Waals surface area contributed by atoms with Crippen molar-refractivity contribution in [3.8, 4) is 0 Å². The summed E-state index contributed by atoms with van der Waals surface area (Å²) in [5.74, 6) is 0. The van der Waals surface area contributed by atoms with Crippen LogP contribution in [-0.4, -0.2) is 24.0 Å². The molecule has 2 nitrogen and oxygen atoms in total. The zero-order chi connectivity index (χ0) is 10.4. The summed E-state index contributed by atoms with van der Waals surface area (Å²) in [6.45, 7) is 4.34. The van der Waals surface area contributed by atoms with Crippen LogP contribution in [0.3, 0.4) is 0 Å². The number of fused-ring (bicyclic) bond motifs is 1. The second-order valence-corrected chi connectivity index (χ2v) is 4.97. The first-order chi connectivity index (χ1) is 7.24. The van der Waals surface area contributed by atoms with Crippen molar-refractivity contribution in [1.29, 1.82) is 0 Å². The molecule has 80 valence electrons. The Morgan fingerprint density at radius 2 is 2.13 bits per heavy atom. The monoisotopic (exact) mass is 202 g/mol. The van der Waals surface area contributed by atoms with E-state index in [1.54, 1.807) is 11.1 Å². The summed E-state index contributed by atoms with van der Waals surface area (Å²) >= 11 is 0. The molecule has 0 spiro atoms. The van der Waals surface area contributed by atoms with Gasteiger partial charge in [0.15, 0.2) is 0 Å². The zero-order valence-corrected chi connectivity index (χ0v) is 9.24. The molecular weight excluding hydrogens is 184 g/mol. The molecule has 0 saturated carbocycles. The quantitative estimate of drug-likeness (QED) is 0.750. The van der Waals surface area contributed by atoms with Crippen LogP contribution in [0.1, 0.15) is 29.2 Å². The molecule has 1 heterocycles. The minimum absolute atomic E-state index is 0.416. The molecule has 1 aliphatic heterocycles. The van der Waals surface area contributed by atoms with Gasteiger partial charge in [-0.3, -0.25) is 4.90 Å². The van der Waals surface area contributed by atoms with E-state index in [1.807, 2.05) is 0 Å². The zero-order valence-electron chi connectivity index (χ0n) is 9.24. The molecule has 2 heteroatoms. The molecule has 1 unspecified atom stereocenters. The Bertz CT molecular complexity index is 380. The van der Waals surface area contributed by atoms with Gasteiger partial charge >= 0.3 is 0 Å². The molecular formula is C13H18N2. The molecule has 1 fully saturated rings. The van der Waals surface area contributed by atoms with E-state index in [0.29, 0.717) is 12.1 Å². The fourth-order valence-electron chi connectivity index (χ4n) is 2.88. The van der Waals surface area contributed by atoms with Crippen molar-refractivity contribution >= 4 is 0 Å². The number of aryl methyl sites for hydroxylation is 2. The predicted octanol–water partition coefficient (Wildman–Crippen LogP) is 1.63. The first-order valence-electron chi connectivity index (χ1n) is 5.83. The van der Waals surface area contributed by atoms with Gasteiger partial charge in [0, 0.05) is 25.2 Å². The number of hydrogen-bond donors (Lipinski definition) is 1. The summed E-state index contributed by atoms with van der Waals surface area (Å²) in [5, 5.41) is 0. The molecule has 0 amide bonds. The van der Waals surface area contributed by atoms with Gasteiger partial charge in [0.1, 0.15) is 0 Å². The van der Waals surface area contributed by atoms with Gasteiger partial charge < -0.3 is 5.73 Å². The van der Waals surface area contributed by atoms with Gasteiger partial charge in [0.25, 0.3) is 0 Å². The van der Waals surface area contributed by atoms with Crippen LogP contribution in [-0.2, 0) is 6.42 Å². The molecule has 2 N–H and O–H groups in total. The maximum Gasteiger partial charge on any atom is 0.0355 e. The van der Waals surface area contributed by atoms with Gasteiger partial charge in [-0.05, 0) is 30.9 Å². The Hall–Kier alpha value is -0.860. The van der Waals surface area contributed by atoms with Crippen molar-refractivity contribution in [2.24, 2.45) is 5.73 Å². The molecule has 0 bridgehead atoms. The average Bonchev–Trinajstić information content (AvgIpc) is 2.56. The van der Waals surface area contributed by atoms with Gasteiger partial charge in [-0.1, -0.05) is 23.8 Å². The fraction of sp³-hybridized carbons (Fsp3) is 0.538. The molecule has 3 rings (SSSR count). The van der Waals surface area contributed by atoms with Crippen LogP contribution in [0, 0.1) is 6.92 Å². The first kappa shape index (κ1) is 9.37. The van der Waals surface area contributed by atoms with Crippen molar-refractivity contribution in [3.63, 3.8) is 0 Å². The van der Waals surface area contributed by atoms with Gasteiger partial charge in [0.2, 0.25) is 0 Å². The van der Waals surface area contributed by atoms with E-state index in [9.17, 15) is 0 Å². The summed E-state index contributed by atoms with van der Waals surface area (Å²) in [5.41, 5.74) is 10.3. The summed E-state index contributed by atoms with van der Waals surface area (Å²) in [6, 6.07) is 7.95. The SMILES string of the molecule is Cc1ccc2c(c1)C(N1CC(N)C1)CC2. The lowest BCUT2D eigenvalue weighted by Gasteiger charge is -2.41. The Morgan fingerprint density at radius 1 is 1.33 bits per heavy atom. The normalized spacial score (nSPS) is 26.4. The van der Waals surface area contributed by atoms with Crippen molar-refractivity contribution < 1.29 is 0 Å². The smallest absolute Gasteiger partial charge is 0.0355 e. The second-order valence-electron chi connectivity index (χ2n) is 4.97. The molecule has 0 radical (unpaired) electrons. The van der Waals surface area contributed by atoms with Crippen LogP contribution in [0.25, 0.3) is 0 Å². The highest BCUT2D eigenvalue weighted by Gasteiger charge is 2.34. The van der Waals surface area contributed by atoms with E-state index in [4.69, 9.17) is 5.73 Å². The van der Waals surface area contributed by atoms with Crippen molar-refractivity contribution in [2.45, 2.75) is 31.8 Å². The number of hydrogen-bond acceptors (Lipinski definition) is 2. The van der Waals surface area contributed by atoms with Crippen molar-refractivity contribution in [2.75, 3.05) is 13.1 Å². The summed E-state index contributed by atoms with van der Waals surface area (Å²) in [4.78, 5) is 2.52.